The summed E-state index contributed by atoms with van der Waals surface area (Å²) >= 11 is 6.22. The summed E-state index contributed by atoms with van der Waals surface area (Å²) in [6, 6.07) is 4.12. The number of pyridine rings is 1. The van der Waals surface area contributed by atoms with Gasteiger partial charge in [-0.15, -0.1) is 24.0 Å². The zero-order valence-corrected chi connectivity index (χ0v) is 16.3. The van der Waals surface area contributed by atoms with E-state index in [4.69, 9.17) is 11.6 Å². The van der Waals surface area contributed by atoms with Crippen LogP contribution in [0.2, 0.25) is 5.02 Å². The Bertz CT molecular complexity index is 483. The van der Waals surface area contributed by atoms with Gasteiger partial charge in [0.25, 0.3) is 0 Å². The average Bonchev–Trinajstić information content (AvgIpc) is 2.94. The second kappa shape index (κ2) is 10.1. The molecule has 124 valence electrons. The quantitative estimate of drug-likeness (QED) is 0.422. The molecule has 0 spiro atoms. The first-order valence-electron chi connectivity index (χ1n) is 7.64. The number of halogens is 2. The third kappa shape index (κ3) is 5.46. The summed E-state index contributed by atoms with van der Waals surface area (Å²) in [5.41, 5.74) is 0. The summed E-state index contributed by atoms with van der Waals surface area (Å²) in [5.74, 6) is 1.78. The number of aromatic nitrogens is 1. The third-order valence-electron chi connectivity index (χ3n) is 3.41. The number of hydrogen-bond donors (Lipinski definition) is 2. The predicted octanol–water partition coefficient (Wildman–Crippen LogP) is 2.90. The van der Waals surface area contributed by atoms with E-state index in [1.165, 1.54) is 0 Å². The number of rotatable bonds is 5. The topological polar surface area (TPSA) is 52.6 Å². The van der Waals surface area contributed by atoms with Crippen LogP contribution in [0.1, 0.15) is 26.7 Å². The highest BCUT2D eigenvalue weighted by Crippen LogP contribution is 2.25. The highest BCUT2D eigenvalue weighted by molar-refractivity contribution is 14.0. The second-order valence-corrected chi connectivity index (χ2v) is 5.55. The molecule has 0 saturated carbocycles. The fraction of sp³-hybridized carbons (Fsp3) is 0.600. The molecule has 0 amide bonds. The Hall–Kier alpha value is -0.760. The SMILES string of the molecule is CCCN=C(NCC)NC1CCN(c2ncccc2Cl)C1.I. The molecule has 2 rings (SSSR count). The maximum atomic E-state index is 6.22. The Balaban J connectivity index is 0.00000242. The van der Waals surface area contributed by atoms with E-state index in [9.17, 15) is 0 Å². The van der Waals surface area contributed by atoms with E-state index in [2.05, 4.69) is 39.4 Å². The molecular weight excluding hydrogens is 413 g/mol. The molecule has 1 aliphatic rings. The molecule has 1 unspecified atom stereocenters. The van der Waals surface area contributed by atoms with E-state index in [0.717, 1.165) is 50.8 Å². The number of anilines is 1. The number of aliphatic imine (C=N–C) groups is 1. The Labute approximate surface area is 154 Å². The fourth-order valence-corrected chi connectivity index (χ4v) is 2.66. The van der Waals surface area contributed by atoms with Crippen molar-refractivity contribution >= 4 is 47.4 Å². The molecule has 2 heterocycles. The number of guanidine groups is 1. The molecule has 22 heavy (non-hydrogen) atoms. The summed E-state index contributed by atoms with van der Waals surface area (Å²) < 4.78 is 0. The standard InChI is InChI=1S/C15H24ClN5.HI/c1-3-8-19-15(17-4-2)20-12-7-10-21(11-12)14-13(16)6-5-9-18-14;/h5-6,9,12H,3-4,7-8,10-11H2,1-2H3,(H2,17,19,20);1H. The fourth-order valence-electron chi connectivity index (χ4n) is 2.42. The lowest BCUT2D eigenvalue weighted by molar-refractivity contribution is 0.648. The lowest BCUT2D eigenvalue weighted by Gasteiger charge is -2.20. The molecule has 1 fully saturated rings. The van der Waals surface area contributed by atoms with E-state index in [-0.39, 0.29) is 24.0 Å². The van der Waals surface area contributed by atoms with Gasteiger partial charge >= 0.3 is 0 Å². The van der Waals surface area contributed by atoms with Crippen molar-refractivity contribution < 1.29 is 0 Å². The van der Waals surface area contributed by atoms with Crippen molar-refractivity contribution in [2.45, 2.75) is 32.7 Å². The van der Waals surface area contributed by atoms with E-state index in [1.807, 2.05) is 12.1 Å². The lowest BCUT2D eigenvalue weighted by atomic mass is 10.3. The Morgan fingerprint density at radius 1 is 1.50 bits per heavy atom. The first kappa shape index (κ1) is 19.3. The number of hydrogen-bond acceptors (Lipinski definition) is 3. The molecule has 0 bridgehead atoms. The molecule has 5 nitrogen and oxygen atoms in total. The largest absolute Gasteiger partial charge is 0.357 e. The van der Waals surface area contributed by atoms with Gasteiger partial charge in [-0.1, -0.05) is 18.5 Å². The van der Waals surface area contributed by atoms with Crippen LogP contribution in [0.4, 0.5) is 5.82 Å². The van der Waals surface area contributed by atoms with Crippen LogP contribution in [0, 0.1) is 0 Å². The van der Waals surface area contributed by atoms with Gasteiger partial charge in [-0.05, 0) is 31.9 Å². The van der Waals surface area contributed by atoms with Gasteiger partial charge in [0.2, 0.25) is 0 Å². The minimum atomic E-state index is 0. The van der Waals surface area contributed by atoms with Crippen LogP contribution in [0.5, 0.6) is 0 Å². The minimum Gasteiger partial charge on any atom is -0.357 e. The summed E-state index contributed by atoms with van der Waals surface area (Å²) in [5, 5.41) is 7.50. The van der Waals surface area contributed by atoms with Crippen molar-refractivity contribution in [2.75, 3.05) is 31.1 Å². The zero-order chi connectivity index (χ0) is 15.1. The molecule has 1 aromatic heterocycles. The van der Waals surface area contributed by atoms with Crippen molar-refractivity contribution in [2.24, 2.45) is 4.99 Å². The monoisotopic (exact) mass is 437 g/mol. The molecule has 1 aromatic rings. The predicted molar refractivity (Wildman–Crippen MR) is 105 cm³/mol. The van der Waals surface area contributed by atoms with Crippen molar-refractivity contribution in [3.05, 3.63) is 23.4 Å². The van der Waals surface area contributed by atoms with E-state index in [0.29, 0.717) is 11.1 Å². The maximum absolute atomic E-state index is 6.22. The van der Waals surface area contributed by atoms with Crippen LogP contribution in [-0.4, -0.2) is 43.2 Å². The van der Waals surface area contributed by atoms with Crippen molar-refractivity contribution in [3.8, 4) is 0 Å². The van der Waals surface area contributed by atoms with Crippen molar-refractivity contribution in [1.29, 1.82) is 0 Å². The second-order valence-electron chi connectivity index (χ2n) is 5.15. The van der Waals surface area contributed by atoms with Crippen molar-refractivity contribution in [1.82, 2.24) is 15.6 Å². The number of nitrogens with one attached hydrogen (secondary N) is 2. The summed E-state index contributed by atoms with van der Waals surface area (Å²) in [4.78, 5) is 11.2. The minimum absolute atomic E-state index is 0. The van der Waals surface area contributed by atoms with Gasteiger partial charge in [0.1, 0.15) is 5.82 Å². The Kier molecular flexibility index (Phi) is 8.85. The summed E-state index contributed by atoms with van der Waals surface area (Å²) in [7, 11) is 0. The lowest BCUT2D eigenvalue weighted by Crippen LogP contribution is -2.44. The molecule has 1 atom stereocenters. The molecule has 7 heteroatoms. The average molecular weight is 438 g/mol. The zero-order valence-electron chi connectivity index (χ0n) is 13.2. The number of nitrogens with zero attached hydrogens (tertiary/aromatic N) is 3. The van der Waals surface area contributed by atoms with Crippen LogP contribution in [0.3, 0.4) is 0 Å². The van der Waals surface area contributed by atoms with Crippen LogP contribution in [0.15, 0.2) is 23.3 Å². The Morgan fingerprint density at radius 2 is 2.32 bits per heavy atom. The van der Waals surface area contributed by atoms with Gasteiger partial charge in [-0.3, -0.25) is 4.99 Å². The highest BCUT2D eigenvalue weighted by Gasteiger charge is 2.25. The van der Waals surface area contributed by atoms with Gasteiger partial charge in [0, 0.05) is 38.4 Å². The normalized spacial score (nSPS) is 18.0. The third-order valence-corrected chi connectivity index (χ3v) is 3.70. The molecule has 0 aliphatic carbocycles. The van der Waals surface area contributed by atoms with Crippen LogP contribution in [-0.2, 0) is 0 Å². The molecule has 0 radical (unpaired) electrons. The van der Waals surface area contributed by atoms with Crippen LogP contribution in [0.25, 0.3) is 0 Å². The summed E-state index contributed by atoms with van der Waals surface area (Å²) in [6.45, 7) is 7.79. The molecule has 2 N–H and O–H groups in total. The highest BCUT2D eigenvalue weighted by atomic mass is 127. The molecule has 1 aliphatic heterocycles. The van der Waals surface area contributed by atoms with Gasteiger partial charge < -0.3 is 15.5 Å². The van der Waals surface area contributed by atoms with Gasteiger partial charge in [-0.25, -0.2) is 4.98 Å². The van der Waals surface area contributed by atoms with Gasteiger partial charge in [0.15, 0.2) is 5.96 Å². The van der Waals surface area contributed by atoms with Gasteiger partial charge in [0.05, 0.1) is 5.02 Å². The molecule has 0 aromatic carbocycles. The van der Waals surface area contributed by atoms with Gasteiger partial charge in [-0.2, -0.15) is 0 Å². The van der Waals surface area contributed by atoms with E-state index < -0.39 is 0 Å². The Morgan fingerprint density at radius 3 is 3.00 bits per heavy atom. The molecule has 1 saturated heterocycles. The van der Waals surface area contributed by atoms with Crippen molar-refractivity contribution in [3.63, 3.8) is 0 Å². The first-order chi connectivity index (χ1) is 10.2. The smallest absolute Gasteiger partial charge is 0.191 e. The van der Waals surface area contributed by atoms with Crippen LogP contribution >= 0.6 is 35.6 Å². The first-order valence-corrected chi connectivity index (χ1v) is 8.02. The van der Waals surface area contributed by atoms with E-state index >= 15 is 0 Å². The van der Waals surface area contributed by atoms with E-state index in [1.54, 1.807) is 6.20 Å². The molecular formula is C15H25ClIN5. The summed E-state index contributed by atoms with van der Waals surface area (Å²) in [6.07, 6.45) is 3.90. The maximum Gasteiger partial charge on any atom is 0.191 e. The van der Waals surface area contributed by atoms with Crippen LogP contribution < -0.4 is 15.5 Å².